The van der Waals surface area contributed by atoms with Crippen molar-refractivity contribution in [2.45, 2.75) is 12.8 Å². The maximum Gasteiger partial charge on any atom is 0.103 e. The minimum Gasteiger partial charge on any atom is -0.254 e. The number of pyridine rings is 1. The Morgan fingerprint density at radius 2 is 2.15 bits per heavy atom. The van der Waals surface area contributed by atoms with Gasteiger partial charge >= 0.3 is 0 Å². The number of aryl methyl sites for hydroxylation is 2. The first-order valence-corrected chi connectivity index (χ1v) is 5.20. The van der Waals surface area contributed by atoms with Crippen molar-refractivity contribution in [2.75, 3.05) is 0 Å². The zero-order chi connectivity index (χ0) is 8.67. The van der Waals surface area contributed by atoms with Gasteiger partial charge in [0.15, 0.2) is 0 Å². The molecule has 1 aliphatic rings. The van der Waals surface area contributed by atoms with E-state index in [1.54, 1.807) is 11.3 Å². The molecule has 0 aromatic carbocycles. The van der Waals surface area contributed by atoms with Crippen molar-refractivity contribution >= 4 is 11.3 Å². The van der Waals surface area contributed by atoms with Crippen LogP contribution in [0.1, 0.15) is 10.4 Å². The fraction of sp³-hybridized carbons (Fsp3) is 0.200. The first-order valence-electron chi connectivity index (χ1n) is 4.32. The van der Waals surface area contributed by atoms with Crippen molar-refractivity contribution in [3.63, 3.8) is 0 Å². The van der Waals surface area contributed by atoms with Crippen LogP contribution in [-0.4, -0.2) is 9.97 Å². The highest BCUT2D eigenvalue weighted by Crippen LogP contribution is 2.32. The van der Waals surface area contributed by atoms with Crippen LogP contribution in [0.5, 0.6) is 0 Å². The van der Waals surface area contributed by atoms with Crippen molar-refractivity contribution in [3.8, 4) is 11.4 Å². The molecule has 0 amide bonds. The lowest BCUT2D eigenvalue weighted by Crippen LogP contribution is -2.03. The minimum absolute atomic E-state index is 1.09. The van der Waals surface area contributed by atoms with Crippen LogP contribution in [0.2, 0.25) is 0 Å². The van der Waals surface area contributed by atoms with Crippen LogP contribution in [0.3, 0.4) is 0 Å². The zero-order valence-corrected chi connectivity index (χ0v) is 7.84. The standard InChI is InChI=1S/C10H8N2S/c1-2-7-3-4-8-10(12-6-13-8)9(7)11-5-1/h1-2,5-6H,3-4H2. The molecule has 2 aromatic rings. The van der Waals surface area contributed by atoms with E-state index >= 15 is 0 Å². The van der Waals surface area contributed by atoms with Crippen molar-refractivity contribution in [1.29, 1.82) is 0 Å². The predicted molar refractivity (Wildman–Crippen MR) is 52.8 cm³/mol. The molecule has 3 heteroatoms. The van der Waals surface area contributed by atoms with E-state index in [-0.39, 0.29) is 0 Å². The molecule has 3 rings (SSSR count). The molecule has 0 N–H and O–H groups in total. The molecule has 2 aromatic heterocycles. The molecule has 0 spiro atoms. The molecule has 2 nitrogen and oxygen atoms in total. The molecular weight excluding hydrogens is 180 g/mol. The molecule has 1 aliphatic carbocycles. The maximum absolute atomic E-state index is 4.38. The predicted octanol–water partition coefficient (Wildman–Crippen LogP) is 2.30. The smallest absolute Gasteiger partial charge is 0.103 e. The maximum atomic E-state index is 4.38. The lowest BCUT2D eigenvalue weighted by atomic mass is 9.98. The van der Waals surface area contributed by atoms with E-state index in [0.29, 0.717) is 0 Å². The quantitative estimate of drug-likeness (QED) is 0.634. The summed E-state index contributed by atoms with van der Waals surface area (Å²) in [5.74, 6) is 0. The summed E-state index contributed by atoms with van der Waals surface area (Å²) in [6, 6.07) is 4.14. The molecule has 0 unspecified atom stereocenters. The third-order valence-corrected chi connectivity index (χ3v) is 3.27. The Kier molecular flexibility index (Phi) is 1.46. The SMILES string of the molecule is c1cnc2c(c1)CCc1scnc1-2. The van der Waals surface area contributed by atoms with Gasteiger partial charge in [0.05, 0.1) is 11.2 Å². The Bertz CT molecular complexity index is 448. The van der Waals surface area contributed by atoms with Crippen LogP contribution in [0.4, 0.5) is 0 Å². The number of hydrogen-bond donors (Lipinski definition) is 0. The van der Waals surface area contributed by atoms with Gasteiger partial charge in [0.1, 0.15) is 5.69 Å². The summed E-state index contributed by atoms with van der Waals surface area (Å²) in [7, 11) is 0. The molecular formula is C10H8N2S. The second kappa shape index (κ2) is 2.64. The molecule has 0 saturated heterocycles. The van der Waals surface area contributed by atoms with Crippen LogP contribution in [0, 0.1) is 0 Å². The molecule has 0 fully saturated rings. The first-order chi connectivity index (χ1) is 6.45. The fourth-order valence-corrected chi connectivity index (χ4v) is 2.51. The average molecular weight is 188 g/mol. The van der Waals surface area contributed by atoms with E-state index < -0.39 is 0 Å². The van der Waals surface area contributed by atoms with Gasteiger partial charge in [-0.1, -0.05) is 6.07 Å². The van der Waals surface area contributed by atoms with Gasteiger partial charge in [-0.2, -0.15) is 0 Å². The van der Waals surface area contributed by atoms with E-state index in [9.17, 15) is 0 Å². The first kappa shape index (κ1) is 7.21. The van der Waals surface area contributed by atoms with Gasteiger partial charge in [0, 0.05) is 11.1 Å². The van der Waals surface area contributed by atoms with Crippen LogP contribution in [0.25, 0.3) is 11.4 Å². The average Bonchev–Trinajstić information content (AvgIpc) is 2.65. The summed E-state index contributed by atoms with van der Waals surface area (Å²) in [6.45, 7) is 0. The fourth-order valence-electron chi connectivity index (χ4n) is 1.74. The molecule has 0 atom stereocenters. The minimum atomic E-state index is 1.09. The summed E-state index contributed by atoms with van der Waals surface area (Å²) in [4.78, 5) is 10.1. The molecule has 13 heavy (non-hydrogen) atoms. The monoisotopic (exact) mass is 188 g/mol. The van der Waals surface area contributed by atoms with Crippen LogP contribution in [-0.2, 0) is 12.8 Å². The topological polar surface area (TPSA) is 25.8 Å². The van der Waals surface area contributed by atoms with Crippen LogP contribution >= 0.6 is 11.3 Å². The number of hydrogen-bond acceptors (Lipinski definition) is 3. The van der Waals surface area contributed by atoms with Crippen LogP contribution in [0.15, 0.2) is 23.8 Å². The number of fused-ring (bicyclic) bond motifs is 3. The summed E-state index contributed by atoms with van der Waals surface area (Å²) >= 11 is 1.74. The Morgan fingerprint density at radius 1 is 1.15 bits per heavy atom. The highest BCUT2D eigenvalue weighted by atomic mass is 32.1. The highest BCUT2D eigenvalue weighted by molar-refractivity contribution is 7.10. The third-order valence-electron chi connectivity index (χ3n) is 2.38. The normalized spacial score (nSPS) is 13.5. The second-order valence-electron chi connectivity index (χ2n) is 3.14. The summed E-state index contributed by atoms with van der Waals surface area (Å²) in [6.07, 6.45) is 4.07. The summed E-state index contributed by atoms with van der Waals surface area (Å²) in [5, 5.41) is 0. The lowest BCUT2D eigenvalue weighted by Gasteiger charge is -2.12. The van der Waals surface area contributed by atoms with Gasteiger partial charge in [-0.25, -0.2) is 4.98 Å². The zero-order valence-electron chi connectivity index (χ0n) is 7.03. The van der Waals surface area contributed by atoms with E-state index in [0.717, 1.165) is 24.2 Å². The van der Waals surface area contributed by atoms with Gasteiger partial charge in [0.25, 0.3) is 0 Å². The third kappa shape index (κ3) is 1.00. The van der Waals surface area contributed by atoms with E-state index in [1.165, 1.54) is 10.4 Å². The number of aromatic nitrogens is 2. The van der Waals surface area contributed by atoms with E-state index in [1.807, 2.05) is 17.8 Å². The largest absolute Gasteiger partial charge is 0.254 e. The van der Waals surface area contributed by atoms with Crippen molar-refractivity contribution in [1.82, 2.24) is 9.97 Å². The second-order valence-corrected chi connectivity index (χ2v) is 4.07. The highest BCUT2D eigenvalue weighted by Gasteiger charge is 2.18. The Hall–Kier alpha value is -1.22. The lowest BCUT2D eigenvalue weighted by molar-refractivity contribution is 0.938. The van der Waals surface area contributed by atoms with Gasteiger partial charge in [0.2, 0.25) is 0 Å². The van der Waals surface area contributed by atoms with Gasteiger partial charge < -0.3 is 0 Å². The molecule has 0 saturated carbocycles. The van der Waals surface area contributed by atoms with Crippen molar-refractivity contribution in [3.05, 3.63) is 34.3 Å². The molecule has 64 valence electrons. The molecule has 0 aliphatic heterocycles. The van der Waals surface area contributed by atoms with E-state index in [2.05, 4.69) is 16.0 Å². The van der Waals surface area contributed by atoms with Crippen molar-refractivity contribution in [2.24, 2.45) is 0 Å². The number of rotatable bonds is 0. The number of thiazole rings is 1. The van der Waals surface area contributed by atoms with E-state index in [4.69, 9.17) is 0 Å². The molecule has 2 heterocycles. The Morgan fingerprint density at radius 3 is 3.15 bits per heavy atom. The summed E-state index contributed by atoms with van der Waals surface area (Å²) < 4.78 is 0. The Balaban J connectivity index is 2.30. The van der Waals surface area contributed by atoms with Gasteiger partial charge in [-0.3, -0.25) is 4.98 Å². The van der Waals surface area contributed by atoms with Crippen molar-refractivity contribution < 1.29 is 0 Å². The van der Waals surface area contributed by atoms with Crippen LogP contribution < -0.4 is 0 Å². The summed E-state index contributed by atoms with van der Waals surface area (Å²) in [5.41, 5.74) is 5.44. The molecule has 0 radical (unpaired) electrons. The van der Waals surface area contributed by atoms with Gasteiger partial charge in [-0.05, 0) is 24.5 Å². The van der Waals surface area contributed by atoms with Gasteiger partial charge in [-0.15, -0.1) is 11.3 Å². The number of nitrogens with zero attached hydrogens (tertiary/aromatic N) is 2. The molecule has 0 bridgehead atoms. The Labute approximate surface area is 80.3 Å².